The normalized spacial score (nSPS) is 15.8. The van der Waals surface area contributed by atoms with Gasteiger partial charge in [-0.15, -0.1) is 0 Å². The number of halogens is 3. The molecule has 1 aliphatic heterocycles. The third-order valence-electron chi connectivity index (χ3n) is 5.12. The second-order valence-corrected chi connectivity index (χ2v) is 8.28. The molecule has 34 heavy (non-hydrogen) atoms. The highest BCUT2D eigenvalue weighted by atomic mass is 32.1. The fourth-order valence-electron chi connectivity index (χ4n) is 3.70. The van der Waals surface area contributed by atoms with Gasteiger partial charge in [0.1, 0.15) is 11.6 Å². The molecule has 0 bridgehead atoms. The average molecular weight is 488 g/mol. The van der Waals surface area contributed by atoms with Crippen LogP contribution in [-0.4, -0.2) is 23.8 Å². The van der Waals surface area contributed by atoms with Crippen LogP contribution in [0.2, 0.25) is 0 Å². The number of benzene rings is 2. The van der Waals surface area contributed by atoms with Gasteiger partial charge in [-0.1, -0.05) is 41.7 Å². The predicted molar refractivity (Wildman–Crippen MR) is 120 cm³/mol. The zero-order valence-corrected chi connectivity index (χ0v) is 18.9. The van der Waals surface area contributed by atoms with Crippen LogP contribution < -0.4 is 19.6 Å². The van der Waals surface area contributed by atoms with E-state index in [0.29, 0.717) is 16.1 Å². The van der Waals surface area contributed by atoms with Crippen molar-refractivity contribution in [1.82, 2.24) is 4.57 Å². The van der Waals surface area contributed by atoms with Gasteiger partial charge in [0.05, 0.1) is 28.5 Å². The van der Waals surface area contributed by atoms with E-state index in [2.05, 4.69) is 9.73 Å². The molecular formula is C24H19F3N2O4S. The fraction of sp³-hybridized carbons (Fsp3) is 0.208. The van der Waals surface area contributed by atoms with Crippen LogP contribution in [0.4, 0.5) is 13.2 Å². The zero-order valence-electron chi connectivity index (χ0n) is 18.1. The molecule has 176 valence electrons. The number of aromatic nitrogens is 1. The summed E-state index contributed by atoms with van der Waals surface area (Å²) in [6.07, 6.45) is 1.44. The molecule has 10 heteroatoms. The highest BCUT2D eigenvalue weighted by molar-refractivity contribution is 7.07. The molecule has 2 heterocycles. The first-order valence-corrected chi connectivity index (χ1v) is 11.1. The fourth-order valence-corrected chi connectivity index (χ4v) is 4.73. The van der Waals surface area contributed by atoms with Crippen LogP contribution >= 0.6 is 11.3 Å². The third kappa shape index (κ3) is 4.54. The Morgan fingerprint density at radius 3 is 2.59 bits per heavy atom. The molecule has 0 fully saturated rings. The summed E-state index contributed by atoms with van der Waals surface area (Å²) in [5.74, 6) is -1.19. The number of thiazole rings is 1. The number of fused-ring (bicyclic) bond motifs is 1. The van der Waals surface area contributed by atoms with Gasteiger partial charge >= 0.3 is 12.6 Å². The minimum atomic E-state index is -3.02. The summed E-state index contributed by atoms with van der Waals surface area (Å²) in [4.78, 5) is 31.0. The largest absolute Gasteiger partial charge is 0.463 e. The Hall–Kier alpha value is -3.66. The Morgan fingerprint density at radius 2 is 1.91 bits per heavy atom. The minimum absolute atomic E-state index is 0.0817. The summed E-state index contributed by atoms with van der Waals surface area (Å²) >= 11 is 1.04. The number of rotatable bonds is 6. The Morgan fingerprint density at radius 1 is 1.21 bits per heavy atom. The van der Waals surface area contributed by atoms with Crippen molar-refractivity contribution in [3.63, 3.8) is 0 Å². The number of hydrogen-bond donors (Lipinski definition) is 0. The molecule has 6 nitrogen and oxygen atoms in total. The number of carbonyl (C=O) groups excluding carboxylic acids is 1. The Kier molecular flexibility index (Phi) is 6.69. The molecule has 3 aromatic rings. The maximum Gasteiger partial charge on any atom is 0.387 e. The molecule has 1 atom stereocenters. The minimum Gasteiger partial charge on any atom is -0.463 e. The van der Waals surface area contributed by atoms with Crippen molar-refractivity contribution in [3.8, 4) is 5.75 Å². The van der Waals surface area contributed by atoms with Gasteiger partial charge in [-0.2, -0.15) is 8.78 Å². The number of ether oxygens (including phenoxy) is 2. The first kappa shape index (κ1) is 23.5. The molecule has 0 N–H and O–H groups in total. The number of para-hydroxylation sites is 1. The predicted octanol–water partition coefficient (Wildman–Crippen LogP) is 3.54. The molecule has 0 spiro atoms. The summed E-state index contributed by atoms with van der Waals surface area (Å²) in [7, 11) is 0. The molecule has 0 saturated heterocycles. The Bertz CT molecular complexity index is 1440. The van der Waals surface area contributed by atoms with Crippen molar-refractivity contribution in [2.24, 2.45) is 4.99 Å². The average Bonchev–Trinajstić information content (AvgIpc) is 3.09. The maximum atomic E-state index is 13.6. The van der Waals surface area contributed by atoms with Crippen molar-refractivity contribution < 1.29 is 27.4 Å². The molecular weight excluding hydrogens is 469 g/mol. The van der Waals surface area contributed by atoms with Crippen molar-refractivity contribution in [2.45, 2.75) is 26.5 Å². The van der Waals surface area contributed by atoms with Crippen molar-refractivity contribution in [3.05, 3.63) is 96.4 Å². The lowest BCUT2D eigenvalue weighted by Crippen LogP contribution is -2.39. The lowest BCUT2D eigenvalue weighted by molar-refractivity contribution is -0.139. The molecule has 1 aliphatic rings. The lowest BCUT2D eigenvalue weighted by atomic mass is 9.96. The molecule has 0 radical (unpaired) electrons. The van der Waals surface area contributed by atoms with E-state index in [0.717, 1.165) is 11.3 Å². The van der Waals surface area contributed by atoms with E-state index in [1.54, 1.807) is 32.0 Å². The van der Waals surface area contributed by atoms with Crippen LogP contribution in [-0.2, 0) is 9.53 Å². The lowest BCUT2D eigenvalue weighted by Gasteiger charge is -2.24. The second kappa shape index (κ2) is 9.68. The van der Waals surface area contributed by atoms with E-state index >= 15 is 0 Å². The van der Waals surface area contributed by atoms with Crippen molar-refractivity contribution in [2.75, 3.05) is 6.61 Å². The molecule has 0 saturated carbocycles. The molecule has 1 unspecified atom stereocenters. The van der Waals surface area contributed by atoms with Gasteiger partial charge in [-0.05, 0) is 43.7 Å². The number of hydrogen-bond acceptors (Lipinski definition) is 6. The summed E-state index contributed by atoms with van der Waals surface area (Å²) < 4.78 is 50.5. The topological polar surface area (TPSA) is 69.9 Å². The van der Waals surface area contributed by atoms with Gasteiger partial charge in [0.15, 0.2) is 4.80 Å². The van der Waals surface area contributed by atoms with Crippen molar-refractivity contribution >= 4 is 23.4 Å². The highest BCUT2D eigenvalue weighted by Gasteiger charge is 2.33. The Balaban J connectivity index is 1.93. The van der Waals surface area contributed by atoms with E-state index in [9.17, 15) is 22.8 Å². The maximum absolute atomic E-state index is 13.6. The quantitative estimate of drug-likeness (QED) is 0.498. The standard InChI is InChI=1S/C24H19F3N2O4S/c1-3-32-22(31)19-13(2)28-24-29(20(19)14-8-10-16(25)11-9-14)21(30)18(34-24)12-15-6-4-5-7-17(15)33-23(26)27/h4-12,20,23H,3H2,1-2H3. The SMILES string of the molecule is CCOC(=O)C1=C(C)N=c2sc(=Cc3ccccc3OC(F)F)c(=O)n2C1c1ccc(F)cc1. The molecule has 2 aromatic carbocycles. The van der Waals surface area contributed by atoms with Crippen LogP contribution in [0.1, 0.15) is 31.0 Å². The van der Waals surface area contributed by atoms with Gasteiger partial charge in [-0.25, -0.2) is 14.2 Å². The van der Waals surface area contributed by atoms with Crippen LogP contribution in [0.5, 0.6) is 5.75 Å². The van der Waals surface area contributed by atoms with E-state index in [-0.39, 0.29) is 28.0 Å². The van der Waals surface area contributed by atoms with Crippen LogP contribution in [0.3, 0.4) is 0 Å². The number of allylic oxidation sites excluding steroid dienone is 1. The molecule has 0 amide bonds. The number of nitrogens with zero attached hydrogens (tertiary/aromatic N) is 2. The highest BCUT2D eigenvalue weighted by Crippen LogP contribution is 2.31. The molecule has 1 aromatic heterocycles. The van der Waals surface area contributed by atoms with Crippen LogP contribution in [0.25, 0.3) is 6.08 Å². The smallest absolute Gasteiger partial charge is 0.387 e. The van der Waals surface area contributed by atoms with Gasteiger partial charge in [0.2, 0.25) is 0 Å². The first-order chi connectivity index (χ1) is 16.3. The van der Waals surface area contributed by atoms with E-state index in [1.807, 2.05) is 0 Å². The summed E-state index contributed by atoms with van der Waals surface area (Å²) in [6.45, 7) is 0.390. The van der Waals surface area contributed by atoms with Crippen LogP contribution in [0, 0.1) is 5.82 Å². The Labute approximate surface area is 195 Å². The number of alkyl halides is 2. The monoisotopic (exact) mass is 488 g/mol. The van der Waals surface area contributed by atoms with Crippen LogP contribution in [0.15, 0.2) is 69.6 Å². The summed E-state index contributed by atoms with van der Waals surface area (Å²) in [6, 6.07) is 10.6. The van der Waals surface area contributed by atoms with E-state index in [4.69, 9.17) is 4.74 Å². The third-order valence-corrected chi connectivity index (χ3v) is 6.11. The number of esters is 1. The van der Waals surface area contributed by atoms with Gasteiger partial charge in [-0.3, -0.25) is 9.36 Å². The molecule has 4 rings (SSSR count). The van der Waals surface area contributed by atoms with Gasteiger partial charge in [0.25, 0.3) is 5.56 Å². The summed E-state index contributed by atoms with van der Waals surface area (Å²) in [5.41, 5.74) is 0.815. The molecule has 0 aliphatic carbocycles. The van der Waals surface area contributed by atoms with E-state index < -0.39 is 30.0 Å². The van der Waals surface area contributed by atoms with Gasteiger partial charge in [0, 0.05) is 5.56 Å². The number of carbonyl (C=O) groups is 1. The zero-order chi connectivity index (χ0) is 24.4. The van der Waals surface area contributed by atoms with Gasteiger partial charge < -0.3 is 9.47 Å². The second-order valence-electron chi connectivity index (χ2n) is 7.27. The van der Waals surface area contributed by atoms with Crippen molar-refractivity contribution in [1.29, 1.82) is 0 Å². The first-order valence-electron chi connectivity index (χ1n) is 10.3. The summed E-state index contributed by atoms with van der Waals surface area (Å²) in [5, 5.41) is 0. The van der Waals surface area contributed by atoms with E-state index in [1.165, 1.54) is 41.0 Å².